The van der Waals surface area contributed by atoms with Gasteiger partial charge in [-0.2, -0.15) is 0 Å². The molecular formula is C13H20N2. The third kappa shape index (κ3) is 2.78. The average molecular weight is 204 g/mol. The van der Waals surface area contributed by atoms with Crippen LogP contribution in [0.15, 0.2) is 24.5 Å². The normalized spacial score (nSPS) is 27.9. The summed E-state index contributed by atoms with van der Waals surface area (Å²) < 4.78 is 0. The first-order valence-electron chi connectivity index (χ1n) is 5.91. The molecule has 2 nitrogen and oxygen atoms in total. The number of aromatic nitrogens is 1. The minimum Gasteiger partial charge on any atom is -0.307 e. The van der Waals surface area contributed by atoms with E-state index in [0.29, 0.717) is 12.1 Å². The summed E-state index contributed by atoms with van der Waals surface area (Å²) in [6.45, 7) is 4.58. The van der Waals surface area contributed by atoms with Crippen LogP contribution in [0, 0.1) is 5.92 Å². The van der Waals surface area contributed by atoms with E-state index in [0.717, 1.165) is 5.92 Å². The molecule has 82 valence electrons. The molecule has 0 amide bonds. The Morgan fingerprint density at radius 3 is 2.67 bits per heavy atom. The van der Waals surface area contributed by atoms with Gasteiger partial charge in [0.1, 0.15) is 0 Å². The predicted molar refractivity (Wildman–Crippen MR) is 62.6 cm³/mol. The maximum absolute atomic E-state index is 4.04. The third-order valence-corrected chi connectivity index (χ3v) is 3.39. The van der Waals surface area contributed by atoms with E-state index < -0.39 is 0 Å². The van der Waals surface area contributed by atoms with E-state index in [1.807, 2.05) is 12.4 Å². The highest BCUT2D eigenvalue weighted by Gasteiger charge is 2.22. The third-order valence-electron chi connectivity index (χ3n) is 3.39. The van der Waals surface area contributed by atoms with Crippen LogP contribution in [-0.4, -0.2) is 11.0 Å². The Labute approximate surface area is 92.1 Å². The van der Waals surface area contributed by atoms with Gasteiger partial charge in [0.05, 0.1) is 0 Å². The van der Waals surface area contributed by atoms with Crippen molar-refractivity contribution in [1.29, 1.82) is 0 Å². The lowest BCUT2D eigenvalue weighted by atomic mass is 10.1. The minimum atomic E-state index is 0.447. The van der Waals surface area contributed by atoms with E-state index in [1.54, 1.807) is 0 Å². The van der Waals surface area contributed by atoms with Crippen molar-refractivity contribution in [3.63, 3.8) is 0 Å². The van der Waals surface area contributed by atoms with Gasteiger partial charge in [-0.3, -0.25) is 4.98 Å². The number of hydrogen-bond acceptors (Lipinski definition) is 2. The van der Waals surface area contributed by atoms with Crippen molar-refractivity contribution < 1.29 is 0 Å². The molecule has 1 N–H and O–H groups in total. The summed E-state index contributed by atoms with van der Waals surface area (Å²) in [5.74, 6) is 0.896. The summed E-state index contributed by atoms with van der Waals surface area (Å²) in [6.07, 6.45) is 7.77. The molecule has 0 radical (unpaired) electrons. The molecule has 15 heavy (non-hydrogen) atoms. The molecule has 2 unspecified atom stereocenters. The van der Waals surface area contributed by atoms with Crippen LogP contribution in [-0.2, 0) is 0 Å². The molecule has 0 aromatic carbocycles. The van der Waals surface area contributed by atoms with Crippen LogP contribution in [0.25, 0.3) is 0 Å². The van der Waals surface area contributed by atoms with Crippen molar-refractivity contribution in [2.75, 3.05) is 0 Å². The number of nitrogens with one attached hydrogen (secondary N) is 1. The van der Waals surface area contributed by atoms with Gasteiger partial charge < -0.3 is 5.32 Å². The van der Waals surface area contributed by atoms with Gasteiger partial charge in [-0.15, -0.1) is 0 Å². The van der Waals surface area contributed by atoms with Crippen molar-refractivity contribution in [1.82, 2.24) is 10.3 Å². The molecule has 1 aliphatic rings. The second kappa shape index (κ2) is 4.75. The summed E-state index contributed by atoms with van der Waals surface area (Å²) in [6, 6.07) is 5.35. The van der Waals surface area contributed by atoms with E-state index in [-0.39, 0.29) is 0 Å². The fraction of sp³-hybridized carbons (Fsp3) is 0.615. The molecule has 2 rings (SSSR count). The maximum atomic E-state index is 4.04. The number of nitrogens with zero attached hydrogens (tertiary/aromatic N) is 1. The Balaban J connectivity index is 1.90. The highest BCUT2D eigenvalue weighted by molar-refractivity contribution is 5.14. The zero-order chi connectivity index (χ0) is 10.7. The van der Waals surface area contributed by atoms with Crippen LogP contribution in [0.5, 0.6) is 0 Å². The number of hydrogen-bond donors (Lipinski definition) is 1. The van der Waals surface area contributed by atoms with Gasteiger partial charge in [0, 0.05) is 24.5 Å². The molecule has 0 spiro atoms. The summed E-state index contributed by atoms with van der Waals surface area (Å²) in [5.41, 5.74) is 1.34. The largest absolute Gasteiger partial charge is 0.307 e. The first-order valence-corrected chi connectivity index (χ1v) is 5.91. The van der Waals surface area contributed by atoms with Crippen molar-refractivity contribution in [2.24, 2.45) is 5.92 Å². The Hall–Kier alpha value is -0.890. The molecule has 0 bridgehead atoms. The fourth-order valence-electron chi connectivity index (χ4n) is 2.46. The standard InChI is InChI=1S/C13H20N2/c1-10-3-4-13(9-10)15-11(2)12-5-7-14-8-6-12/h5-8,10-11,13,15H,3-4,9H2,1-2H3/t10?,11-,13?/m1/s1. The molecule has 1 aromatic heterocycles. The van der Waals surface area contributed by atoms with Crippen LogP contribution in [0.2, 0.25) is 0 Å². The first-order chi connectivity index (χ1) is 7.25. The zero-order valence-corrected chi connectivity index (χ0v) is 9.61. The van der Waals surface area contributed by atoms with E-state index in [9.17, 15) is 0 Å². The maximum Gasteiger partial charge on any atom is 0.0295 e. The van der Waals surface area contributed by atoms with E-state index in [4.69, 9.17) is 0 Å². The molecule has 3 atom stereocenters. The molecule has 1 saturated carbocycles. The second-order valence-electron chi connectivity index (χ2n) is 4.78. The zero-order valence-electron chi connectivity index (χ0n) is 9.61. The Bertz CT molecular complexity index is 297. The minimum absolute atomic E-state index is 0.447. The quantitative estimate of drug-likeness (QED) is 0.819. The molecule has 0 saturated heterocycles. The van der Waals surface area contributed by atoms with Crippen molar-refractivity contribution >= 4 is 0 Å². The SMILES string of the molecule is CC1CCC(N[C@H](C)c2ccncc2)C1. The van der Waals surface area contributed by atoms with Crippen LogP contribution in [0.1, 0.15) is 44.7 Å². The summed E-state index contributed by atoms with van der Waals surface area (Å²) in [5, 5.41) is 3.70. The van der Waals surface area contributed by atoms with Crippen LogP contribution in [0.3, 0.4) is 0 Å². The van der Waals surface area contributed by atoms with E-state index in [1.165, 1.54) is 24.8 Å². The van der Waals surface area contributed by atoms with Crippen LogP contribution in [0.4, 0.5) is 0 Å². The Morgan fingerprint density at radius 2 is 2.07 bits per heavy atom. The van der Waals surface area contributed by atoms with Gasteiger partial charge >= 0.3 is 0 Å². The number of rotatable bonds is 3. The summed E-state index contributed by atoms with van der Waals surface area (Å²) in [7, 11) is 0. The van der Waals surface area contributed by atoms with E-state index in [2.05, 4.69) is 36.3 Å². The molecule has 2 heteroatoms. The molecule has 1 aliphatic carbocycles. The lowest BCUT2D eigenvalue weighted by Gasteiger charge is -2.19. The molecule has 1 heterocycles. The lowest BCUT2D eigenvalue weighted by Crippen LogP contribution is -2.29. The number of pyridine rings is 1. The van der Waals surface area contributed by atoms with Crippen LogP contribution < -0.4 is 5.32 Å². The molecule has 0 aliphatic heterocycles. The first kappa shape index (κ1) is 10.6. The van der Waals surface area contributed by atoms with Gasteiger partial charge in [-0.05, 0) is 49.8 Å². The van der Waals surface area contributed by atoms with Crippen molar-refractivity contribution in [3.8, 4) is 0 Å². The lowest BCUT2D eigenvalue weighted by molar-refractivity contribution is 0.449. The molecule has 1 aromatic rings. The van der Waals surface area contributed by atoms with Crippen molar-refractivity contribution in [2.45, 2.75) is 45.2 Å². The van der Waals surface area contributed by atoms with Gasteiger partial charge in [-0.1, -0.05) is 6.92 Å². The Kier molecular flexibility index (Phi) is 3.37. The predicted octanol–water partition coefficient (Wildman–Crippen LogP) is 2.92. The molecule has 1 fully saturated rings. The highest BCUT2D eigenvalue weighted by atomic mass is 14.9. The summed E-state index contributed by atoms with van der Waals surface area (Å²) >= 11 is 0. The monoisotopic (exact) mass is 204 g/mol. The topological polar surface area (TPSA) is 24.9 Å². The molecular weight excluding hydrogens is 184 g/mol. The van der Waals surface area contributed by atoms with Crippen molar-refractivity contribution in [3.05, 3.63) is 30.1 Å². The second-order valence-corrected chi connectivity index (χ2v) is 4.78. The fourth-order valence-corrected chi connectivity index (χ4v) is 2.46. The highest BCUT2D eigenvalue weighted by Crippen LogP contribution is 2.26. The van der Waals surface area contributed by atoms with Crippen LogP contribution >= 0.6 is 0 Å². The van der Waals surface area contributed by atoms with Gasteiger partial charge in [0.25, 0.3) is 0 Å². The Morgan fingerprint density at radius 1 is 1.33 bits per heavy atom. The van der Waals surface area contributed by atoms with Gasteiger partial charge in [0.2, 0.25) is 0 Å². The van der Waals surface area contributed by atoms with Gasteiger partial charge in [0.15, 0.2) is 0 Å². The average Bonchev–Trinajstić information content (AvgIpc) is 2.65. The smallest absolute Gasteiger partial charge is 0.0295 e. The van der Waals surface area contributed by atoms with E-state index >= 15 is 0 Å². The summed E-state index contributed by atoms with van der Waals surface area (Å²) in [4.78, 5) is 4.04. The van der Waals surface area contributed by atoms with Gasteiger partial charge in [-0.25, -0.2) is 0 Å².